The summed E-state index contributed by atoms with van der Waals surface area (Å²) in [5, 5.41) is 6.08. The van der Waals surface area contributed by atoms with Crippen molar-refractivity contribution in [3.63, 3.8) is 0 Å². The van der Waals surface area contributed by atoms with Crippen molar-refractivity contribution in [2.75, 3.05) is 18.2 Å². The third kappa shape index (κ3) is 5.17. The standard InChI is InChI=1S/C24H22N3O2PS/c1-29-30(20-6-3-2-4-7-20)16-19-11-9-18(15-26-19)24(28)27-22-14-17(10-12-21(22)25)23-8-5-13-31-23/h2-15H,16,25H2,1H3,(H,27,28). The lowest BCUT2D eigenvalue weighted by molar-refractivity contribution is 0.102. The number of pyridine rings is 1. The second kappa shape index (κ2) is 9.84. The van der Waals surface area contributed by atoms with E-state index in [1.807, 2.05) is 60.0 Å². The van der Waals surface area contributed by atoms with Crippen LogP contribution in [0.1, 0.15) is 16.1 Å². The van der Waals surface area contributed by atoms with E-state index >= 15 is 0 Å². The second-order valence-corrected chi connectivity index (χ2v) is 9.73. The van der Waals surface area contributed by atoms with E-state index < -0.39 is 8.15 Å². The summed E-state index contributed by atoms with van der Waals surface area (Å²) in [6.45, 7) is 0. The number of carbonyl (C=O) groups excluding carboxylic acids is 1. The zero-order valence-corrected chi connectivity index (χ0v) is 18.7. The second-order valence-electron chi connectivity index (χ2n) is 6.83. The van der Waals surface area contributed by atoms with Gasteiger partial charge in [-0.2, -0.15) is 0 Å². The molecule has 0 aliphatic carbocycles. The van der Waals surface area contributed by atoms with Gasteiger partial charge in [0.15, 0.2) is 0 Å². The van der Waals surface area contributed by atoms with E-state index in [9.17, 15) is 4.79 Å². The molecule has 0 aliphatic rings. The van der Waals surface area contributed by atoms with Crippen LogP contribution in [0.3, 0.4) is 0 Å². The summed E-state index contributed by atoms with van der Waals surface area (Å²) in [7, 11) is 0.918. The van der Waals surface area contributed by atoms with Crippen molar-refractivity contribution in [3.8, 4) is 10.4 Å². The lowest BCUT2D eigenvalue weighted by Gasteiger charge is -2.15. The van der Waals surface area contributed by atoms with Gasteiger partial charge in [0.2, 0.25) is 0 Å². The molecule has 4 rings (SSSR count). The first-order valence-electron chi connectivity index (χ1n) is 9.70. The highest BCUT2D eigenvalue weighted by molar-refractivity contribution is 7.60. The van der Waals surface area contributed by atoms with Crippen molar-refractivity contribution >= 4 is 42.1 Å². The molecule has 2 heterocycles. The van der Waals surface area contributed by atoms with E-state index in [4.69, 9.17) is 10.3 Å². The fourth-order valence-corrected chi connectivity index (χ4v) is 5.34. The maximum Gasteiger partial charge on any atom is 0.257 e. The predicted octanol–water partition coefficient (Wildman–Crippen LogP) is 5.51. The van der Waals surface area contributed by atoms with E-state index in [0.717, 1.165) is 21.4 Å². The molecule has 1 atom stereocenters. The maximum atomic E-state index is 12.8. The molecule has 0 fully saturated rings. The first kappa shape index (κ1) is 21.2. The van der Waals surface area contributed by atoms with Crippen LogP contribution >= 0.6 is 19.5 Å². The van der Waals surface area contributed by atoms with Crippen molar-refractivity contribution in [3.05, 3.63) is 95.6 Å². The number of nitrogens with zero attached hydrogens (tertiary/aromatic N) is 1. The van der Waals surface area contributed by atoms with E-state index in [1.165, 1.54) is 0 Å². The number of nitrogens with one attached hydrogen (secondary N) is 1. The zero-order valence-electron chi connectivity index (χ0n) is 17.0. The fourth-order valence-electron chi connectivity index (χ4n) is 3.11. The van der Waals surface area contributed by atoms with Crippen LogP contribution in [0.5, 0.6) is 0 Å². The smallest absolute Gasteiger partial charge is 0.257 e. The highest BCUT2D eigenvalue weighted by Crippen LogP contribution is 2.38. The number of thiophene rings is 1. The molecule has 2 aromatic carbocycles. The SMILES string of the molecule is COP(Cc1ccc(C(=O)Nc2cc(-c3cccs3)ccc2N)cn1)c1ccccc1. The average Bonchev–Trinajstić information content (AvgIpc) is 3.35. The molecule has 0 bridgehead atoms. The summed E-state index contributed by atoms with van der Waals surface area (Å²) in [4.78, 5) is 18.4. The number of benzene rings is 2. The van der Waals surface area contributed by atoms with Crippen molar-refractivity contribution in [2.24, 2.45) is 0 Å². The van der Waals surface area contributed by atoms with E-state index in [-0.39, 0.29) is 5.91 Å². The molecule has 0 saturated heterocycles. The lowest BCUT2D eigenvalue weighted by atomic mass is 10.1. The summed E-state index contributed by atoms with van der Waals surface area (Å²) < 4.78 is 5.68. The fraction of sp³-hybridized carbons (Fsp3) is 0.0833. The Kier molecular flexibility index (Phi) is 6.73. The molecule has 156 valence electrons. The van der Waals surface area contributed by atoms with Crippen LogP contribution in [-0.2, 0) is 10.7 Å². The van der Waals surface area contributed by atoms with Gasteiger partial charge < -0.3 is 15.6 Å². The summed E-state index contributed by atoms with van der Waals surface area (Å²) in [6.07, 6.45) is 2.28. The molecule has 5 nitrogen and oxygen atoms in total. The number of amides is 1. The van der Waals surface area contributed by atoms with E-state index in [0.29, 0.717) is 23.1 Å². The summed E-state index contributed by atoms with van der Waals surface area (Å²) >= 11 is 1.64. The third-order valence-electron chi connectivity index (χ3n) is 4.76. The molecule has 2 aromatic heterocycles. The number of carbonyl (C=O) groups is 1. The van der Waals surface area contributed by atoms with Crippen LogP contribution in [-0.4, -0.2) is 18.0 Å². The first-order valence-corrected chi connectivity index (χ1v) is 12.0. The summed E-state index contributed by atoms with van der Waals surface area (Å²) in [5.74, 6) is -0.244. The molecule has 31 heavy (non-hydrogen) atoms. The Balaban J connectivity index is 1.46. The Morgan fingerprint density at radius 1 is 1.10 bits per heavy atom. The monoisotopic (exact) mass is 447 g/mol. The average molecular weight is 448 g/mol. The van der Waals surface area contributed by atoms with Gasteiger partial charge in [-0.25, -0.2) is 0 Å². The van der Waals surface area contributed by atoms with Gasteiger partial charge in [0, 0.05) is 35.3 Å². The number of hydrogen-bond acceptors (Lipinski definition) is 5. The molecule has 0 spiro atoms. The molecular weight excluding hydrogens is 425 g/mol. The van der Waals surface area contributed by atoms with E-state index in [2.05, 4.69) is 22.4 Å². The number of aromatic nitrogens is 1. The van der Waals surface area contributed by atoms with Crippen LogP contribution in [0.2, 0.25) is 0 Å². The largest absolute Gasteiger partial charge is 0.397 e. The van der Waals surface area contributed by atoms with Crippen molar-refractivity contribution < 1.29 is 9.32 Å². The number of hydrogen-bond donors (Lipinski definition) is 2. The molecule has 1 amide bonds. The predicted molar refractivity (Wildman–Crippen MR) is 130 cm³/mol. The van der Waals surface area contributed by atoms with Gasteiger partial charge in [0.05, 0.1) is 25.1 Å². The Morgan fingerprint density at radius 3 is 2.61 bits per heavy atom. The topological polar surface area (TPSA) is 77.2 Å². The summed E-state index contributed by atoms with van der Waals surface area (Å²) in [6, 6.07) is 23.5. The highest BCUT2D eigenvalue weighted by Gasteiger charge is 2.14. The number of nitrogens with two attached hydrogens (primary N) is 1. The first-order chi connectivity index (χ1) is 15.1. The van der Waals surface area contributed by atoms with Gasteiger partial charge in [-0.3, -0.25) is 9.78 Å². The van der Waals surface area contributed by atoms with Crippen molar-refractivity contribution in [1.82, 2.24) is 4.98 Å². The molecule has 0 aliphatic heterocycles. The normalized spacial score (nSPS) is 11.8. The van der Waals surface area contributed by atoms with Crippen LogP contribution in [0, 0.1) is 0 Å². The number of rotatable bonds is 7. The quantitative estimate of drug-likeness (QED) is 0.289. The van der Waals surface area contributed by atoms with Crippen molar-refractivity contribution in [2.45, 2.75) is 6.16 Å². The molecule has 0 radical (unpaired) electrons. The molecule has 7 heteroatoms. The van der Waals surface area contributed by atoms with Gasteiger partial charge in [-0.15, -0.1) is 11.3 Å². The van der Waals surface area contributed by atoms with Crippen LogP contribution < -0.4 is 16.4 Å². The van der Waals surface area contributed by atoms with Crippen LogP contribution in [0.25, 0.3) is 10.4 Å². The third-order valence-corrected chi connectivity index (χ3v) is 7.61. The van der Waals surface area contributed by atoms with Gasteiger partial charge in [-0.05, 0) is 41.3 Å². The minimum Gasteiger partial charge on any atom is -0.397 e. The van der Waals surface area contributed by atoms with E-state index in [1.54, 1.807) is 30.7 Å². The van der Waals surface area contributed by atoms with Gasteiger partial charge >= 0.3 is 0 Å². The Hall–Kier alpha value is -3.05. The Labute approximate surface area is 186 Å². The van der Waals surface area contributed by atoms with Gasteiger partial charge in [-0.1, -0.05) is 42.5 Å². The minimum absolute atomic E-state index is 0.244. The van der Waals surface area contributed by atoms with Gasteiger partial charge in [0.25, 0.3) is 5.91 Å². The number of nitrogen functional groups attached to an aromatic ring is 1. The Bertz CT molecular complexity index is 1150. The van der Waals surface area contributed by atoms with Crippen LogP contribution in [0.15, 0.2) is 84.4 Å². The lowest BCUT2D eigenvalue weighted by Crippen LogP contribution is -2.14. The molecule has 4 aromatic rings. The van der Waals surface area contributed by atoms with Gasteiger partial charge in [0.1, 0.15) is 0 Å². The molecular formula is C24H22N3O2PS. The molecule has 1 unspecified atom stereocenters. The van der Waals surface area contributed by atoms with Crippen LogP contribution in [0.4, 0.5) is 11.4 Å². The molecule has 0 saturated carbocycles. The van der Waals surface area contributed by atoms with Crippen molar-refractivity contribution in [1.29, 1.82) is 0 Å². The summed E-state index contributed by atoms with van der Waals surface area (Å²) in [5.41, 5.74) is 9.57. The highest BCUT2D eigenvalue weighted by atomic mass is 32.1. The Morgan fingerprint density at radius 2 is 1.94 bits per heavy atom. The minimum atomic E-state index is -0.799. The maximum absolute atomic E-state index is 12.8. The zero-order chi connectivity index (χ0) is 21.6. The molecule has 3 N–H and O–H groups in total. The number of anilines is 2.